The van der Waals surface area contributed by atoms with Gasteiger partial charge in [0.05, 0.1) is 36.2 Å². The van der Waals surface area contributed by atoms with E-state index in [0.29, 0.717) is 40.4 Å². The molecule has 1 aromatic carbocycles. The van der Waals surface area contributed by atoms with Crippen LogP contribution < -0.4 is 0 Å². The highest BCUT2D eigenvalue weighted by Crippen LogP contribution is 2.31. The van der Waals surface area contributed by atoms with Crippen molar-refractivity contribution in [1.82, 2.24) is 24.1 Å². The number of aliphatic hydroxyl groups is 1. The molecule has 0 radical (unpaired) electrons. The summed E-state index contributed by atoms with van der Waals surface area (Å²) < 4.78 is 42.4. The molecular formula is C19H16F3N5O. The molecule has 0 fully saturated rings. The molecule has 0 bridgehead atoms. The van der Waals surface area contributed by atoms with E-state index in [9.17, 15) is 18.3 Å². The van der Waals surface area contributed by atoms with Crippen LogP contribution in [0.15, 0.2) is 48.9 Å². The Hall–Kier alpha value is -3.20. The SMILES string of the molecule is OCCc1cnc2ccc(-c3c(-c4ccc(F)cc4)ncn3CC(F)F)nn12. The number of nitrogens with zero attached hydrogens (tertiary/aromatic N) is 5. The molecule has 0 aliphatic rings. The smallest absolute Gasteiger partial charge is 0.256 e. The molecular weight excluding hydrogens is 371 g/mol. The molecule has 1 N–H and O–H groups in total. The van der Waals surface area contributed by atoms with Crippen LogP contribution in [0.4, 0.5) is 13.2 Å². The lowest BCUT2D eigenvalue weighted by Gasteiger charge is -2.10. The Balaban J connectivity index is 1.89. The lowest BCUT2D eigenvalue weighted by atomic mass is 10.1. The van der Waals surface area contributed by atoms with Crippen LogP contribution in [0, 0.1) is 5.82 Å². The van der Waals surface area contributed by atoms with E-state index in [-0.39, 0.29) is 6.61 Å². The largest absolute Gasteiger partial charge is 0.396 e. The van der Waals surface area contributed by atoms with Crippen LogP contribution in [0.25, 0.3) is 28.3 Å². The van der Waals surface area contributed by atoms with Crippen LogP contribution in [0.2, 0.25) is 0 Å². The maximum absolute atomic E-state index is 13.3. The van der Waals surface area contributed by atoms with Gasteiger partial charge < -0.3 is 9.67 Å². The van der Waals surface area contributed by atoms with Crippen molar-refractivity contribution >= 4 is 5.65 Å². The summed E-state index contributed by atoms with van der Waals surface area (Å²) in [5.41, 5.74) is 3.11. The molecule has 0 spiro atoms. The molecule has 0 aliphatic heterocycles. The first kappa shape index (κ1) is 18.2. The zero-order chi connectivity index (χ0) is 19.7. The number of imidazole rings is 2. The van der Waals surface area contributed by atoms with Gasteiger partial charge in [-0.3, -0.25) is 0 Å². The van der Waals surface area contributed by atoms with Gasteiger partial charge in [0.2, 0.25) is 0 Å². The van der Waals surface area contributed by atoms with Crippen molar-refractivity contribution in [2.24, 2.45) is 0 Å². The Morgan fingerprint density at radius 3 is 2.54 bits per heavy atom. The van der Waals surface area contributed by atoms with Crippen molar-refractivity contribution in [2.75, 3.05) is 6.61 Å². The minimum absolute atomic E-state index is 0.0656. The average Bonchev–Trinajstić information content (AvgIpc) is 3.26. The third kappa shape index (κ3) is 3.36. The lowest BCUT2D eigenvalue weighted by Crippen LogP contribution is -2.09. The quantitative estimate of drug-likeness (QED) is 0.552. The Morgan fingerprint density at radius 1 is 1.04 bits per heavy atom. The highest BCUT2D eigenvalue weighted by molar-refractivity contribution is 5.77. The molecule has 3 heterocycles. The van der Waals surface area contributed by atoms with Gasteiger partial charge in [0, 0.05) is 18.6 Å². The first-order valence-electron chi connectivity index (χ1n) is 8.61. The standard InChI is InChI=1S/C19H16F3N5O/c20-13-3-1-12(2-4-13)18-19(26(11-24-18)10-16(21)22)15-5-6-17-23-9-14(7-8-28)27(17)25-15/h1-6,9,11,16,28H,7-8,10H2. The van der Waals surface area contributed by atoms with E-state index in [1.165, 1.54) is 23.0 Å². The zero-order valence-electron chi connectivity index (χ0n) is 14.6. The number of hydrogen-bond donors (Lipinski definition) is 1. The fraction of sp³-hybridized carbons (Fsp3) is 0.211. The fourth-order valence-electron chi connectivity index (χ4n) is 3.09. The topological polar surface area (TPSA) is 68.2 Å². The Kier molecular flexibility index (Phi) is 4.82. The van der Waals surface area contributed by atoms with E-state index in [0.717, 1.165) is 0 Å². The van der Waals surface area contributed by atoms with Crippen LogP contribution in [0.3, 0.4) is 0 Å². The average molecular weight is 387 g/mol. The molecule has 0 saturated heterocycles. The molecule has 0 saturated carbocycles. The minimum Gasteiger partial charge on any atom is -0.396 e. The minimum atomic E-state index is -2.57. The normalized spacial score (nSPS) is 11.6. The molecule has 0 atom stereocenters. The third-order valence-corrected chi connectivity index (χ3v) is 4.33. The van der Waals surface area contributed by atoms with Gasteiger partial charge in [-0.2, -0.15) is 5.10 Å². The number of hydrogen-bond acceptors (Lipinski definition) is 4. The van der Waals surface area contributed by atoms with Crippen LogP contribution in [0.5, 0.6) is 0 Å². The molecule has 4 rings (SSSR count). The highest BCUT2D eigenvalue weighted by Gasteiger charge is 2.19. The molecule has 3 aromatic heterocycles. The van der Waals surface area contributed by atoms with Gasteiger partial charge >= 0.3 is 0 Å². The van der Waals surface area contributed by atoms with Crippen LogP contribution >= 0.6 is 0 Å². The second-order valence-corrected chi connectivity index (χ2v) is 6.20. The summed E-state index contributed by atoms with van der Waals surface area (Å²) in [6.45, 7) is -0.611. The summed E-state index contributed by atoms with van der Waals surface area (Å²) in [6.07, 6.45) is 0.725. The van der Waals surface area contributed by atoms with Gasteiger partial charge in [-0.15, -0.1) is 0 Å². The van der Waals surface area contributed by atoms with E-state index in [1.807, 2.05) is 0 Å². The van der Waals surface area contributed by atoms with Gasteiger partial charge in [-0.1, -0.05) is 0 Å². The number of benzene rings is 1. The number of alkyl halides is 2. The predicted molar refractivity (Wildman–Crippen MR) is 96.4 cm³/mol. The molecule has 0 aliphatic carbocycles. The maximum atomic E-state index is 13.3. The molecule has 28 heavy (non-hydrogen) atoms. The van der Waals surface area contributed by atoms with E-state index in [2.05, 4.69) is 15.1 Å². The number of halogens is 3. The van der Waals surface area contributed by atoms with Gasteiger partial charge in [0.1, 0.15) is 11.5 Å². The van der Waals surface area contributed by atoms with E-state index in [1.54, 1.807) is 35.0 Å². The fourth-order valence-corrected chi connectivity index (χ4v) is 3.09. The van der Waals surface area contributed by atoms with Crippen molar-refractivity contribution in [3.8, 4) is 22.6 Å². The van der Waals surface area contributed by atoms with Gasteiger partial charge in [0.25, 0.3) is 6.43 Å². The lowest BCUT2D eigenvalue weighted by molar-refractivity contribution is 0.127. The molecule has 0 unspecified atom stereocenters. The first-order valence-corrected chi connectivity index (χ1v) is 8.61. The Labute approximate surface area is 157 Å². The number of fused-ring (bicyclic) bond motifs is 1. The molecule has 0 amide bonds. The molecule has 6 nitrogen and oxygen atoms in total. The molecule has 9 heteroatoms. The summed E-state index contributed by atoms with van der Waals surface area (Å²) in [4.78, 5) is 8.50. The number of rotatable bonds is 6. The molecule has 144 valence electrons. The second-order valence-electron chi connectivity index (χ2n) is 6.20. The van der Waals surface area contributed by atoms with Crippen molar-refractivity contribution in [3.05, 3.63) is 60.4 Å². The number of aromatic nitrogens is 5. The zero-order valence-corrected chi connectivity index (χ0v) is 14.6. The summed E-state index contributed by atoms with van der Waals surface area (Å²) in [5, 5.41) is 13.7. The second kappa shape index (κ2) is 7.43. The van der Waals surface area contributed by atoms with E-state index >= 15 is 0 Å². The summed E-state index contributed by atoms with van der Waals surface area (Å²) >= 11 is 0. The Bertz CT molecular complexity index is 1100. The van der Waals surface area contributed by atoms with Crippen LogP contribution in [-0.2, 0) is 13.0 Å². The van der Waals surface area contributed by atoms with Crippen LogP contribution in [0.1, 0.15) is 5.69 Å². The Morgan fingerprint density at radius 2 is 1.82 bits per heavy atom. The van der Waals surface area contributed by atoms with Crippen LogP contribution in [-0.4, -0.2) is 42.3 Å². The number of aliphatic hydroxyl groups excluding tert-OH is 1. The predicted octanol–water partition coefficient (Wildman–Crippen LogP) is 3.20. The monoisotopic (exact) mass is 387 g/mol. The highest BCUT2D eigenvalue weighted by atomic mass is 19.3. The van der Waals surface area contributed by atoms with E-state index < -0.39 is 18.8 Å². The van der Waals surface area contributed by atoms with Gasteiger partial charge in [-0.05, 0) is 36.4 Å². The van der Waals surface area contributed by atoms with Crippen molar-refractivity contribution in [1.29, 1.82) is 0 Å². The van der Waals surface area contributed by atoms with Gasteiger partial charge in [-0.25, -0.2) is 27.7 Å². The third-order valence-electron chi connectivity index (χ3n) is 4.33. The summed E-state index contributed by atoms with van der Waals surface area (Å²) in [6, 6.07) is 9.06. The van der Waals surface area contributed by atoms with Crippen molar-refractivity contribution in [2.45, 2.75) is 19.4 Å². The van der Waals surface area contributed by atoms with Crippen molar-refractivity contribution < 1.29 is 18.3 Å². The first-order chi connectivity index (χ1) is 13.6. The van der Waals surface area contributed by atoms with Gasteiger partial charge in [0.15, 0.2) is 5.65 Å². The summed E-state index contributed by atoms with van der Waals surface area (Å²) in [7, 11) is 0. The summed E-state index contributed by atoms with van der Waals surface area (Å²) in [5.74, 6) is -0.399. The molecule has 4 aromatic rings. The maximum Gasteiger partial charge on any atom is 0.256 e. The van der Waals surface area contributed by atoms with Crippen molar-refractivity contribution in [3.63, 3.8) is 0 Å². The van der Waals surface area contributed by atoms with E-state index in [4.69, 9.17) is 0 Å².